The van der Waals surface area contributed by atoms with Crippen LogP contribution in [0.2, 0.25) is 0 Å². The topological polar surface area (TPSA) is 25.4 Å². The van der Waals surface area contributed by atoms with Gasteiger partial charge in [-0.1, -0.05) is 6.07 Å². The number of nitrogens with zero attached hydrogens (tertiary/aromatic N) is 2. The third-order valence-corrected chi connectivity index (χ3v) is 2.82. The van der Waals surface area contributed by atoms with Gasteiger partial charge in [0.25, 0.3) is 0 Å². The number of ether oxygens (including phenoxy) is 1. The number of aromatic nitrogens is 1. The van der Waals surface area contributed by atoms with Crippen molar-refractivity contribution in [2.24, 2.45) is 5.41 Å². The number of hydrogen-bond acceptors (Lipinski definition) is 3. The van der Waals surface area contributed by atoms with Crippen molar-refractivity contribution in [1.29, 1.82) is 0 Å². The molecular formula is C12H17FN2O. The molecule has 4 heteroatoms. The fourth-order valence-corrected chi connectivity index (χ4v) is 1.89. The van der Waals surface area contributed by atoms with E-state index in [1.54, 1.807) is 12.1 Å². The summed E-state index contributed by atoms with van der Waals surface area (Å²) < 4.78 is 18.4. The summed E-state index contributed by atoms with van der Waals surface area (Å²) in [5.41, 5.74) is 0.261. The fourth-order valence-electron chi connectivity index (χ4n) is 1.89. The summed E-state index contributed by atoms with van der Waals surface area (Å²) in [6.07, 6.45) is 2.36. The SMILES string of the molecule is CN(C)CC1(COc2cccc(F)n2)CC1. The molecule has 2 rings (SSSR count). The van der Waals surface area contributed by atoms with E-state index in [4.69, 9.17) is 4.74 Å². The van der Waals surface area contributed by atoms with Crippen molar-refractivity contribution in [2.75, 3.05) is 27.2 Å². The Balaban J connectivity index is 1.88. The van der Waals surface area contributed by atoms with Gasteiger partial charge in [-0.25, -0.2) is 0 Å². The van der Waals surface area contributed by atoms with Gasteiger partial charge in [-0.05, 0) is 33.0 Å². The molecule has 0 aromatic carbocycles. The van der Waals surface area contributed by atoms with Gasteiger partial charge in [-0.2, -0.15) is 9.37 Å². The molecule has 1 heterocycles. The lowest BCUT2D eigenvalue weighted by Gasteiger charge is -2.19. The second-order valence-electron chi connectivity index (χ2n) is 4.83. The molecule has 0 spiro atoms. The summed E-state index contributed by atoms with van der Waals surface area (Å²) >= 11 is 0. The molecule has 0 aliphatic heterocycles. The van der Waals surface area contributed by atoms with Crippen molar-refractivity contribution in [2.45, 2.75) is 12.8 Å². The Labute approximate surface area is 95.2 Å². The second kappa shape index (κ2) is 4.37. The zero-order chi connectivity index (χ0) is 11.6. The lowest BCUT2D eigenvalue weighted by atomic mass is 10.1. The maximum absolute atomic E-state index is 12.8. The Morgan fingerprint density at radius 3 is 2.75 bits per heavy atom. The fraction of sp³-hybridized carbons (Fsp3) is 0.583. The van der Waals surface area contributed by atoms with Crippen LogP contribution < -0.4 is 4.74 Å². The molecule has 16 heavy (non-hydrogen) atoms. The van der Waals surface area contributed by atoms with E-state index in [0.717, 1.165) is 6.54 Å². The Bertz CT molecular complexity index is 364. The first-order valence-corrected chi connectivity index (χ1v) is 5.50. The molecule has 0 N–H and O–H groups in total. The van der Waals surface area contributed by atoms with Gasteiger partial charge in [0.1, 0.15) is 0 Å². The Morgan fingerprint density at radius 1 is 1.44 bits per heavy atom. The van der Waals surface area contributed by atoms with Gasteiger partial charge < -0.3 is 9.64 Å². The van der Waals surface area contributed by atoms with E-state index in [1.165, 1.54) is 18.9 Å². The highest BCUT2D eigenvalue weighted by atomic mass is 19.1. The first-order chi connectivity index (χ1) is 7.60. The number of hydrogen-bond donors (Lipinski definition) is 0. The molecule has 1 aliphatic carbocycles. The van der Waals surface area contributed by atoms with Gasteiger partial charge in [-0.3, -0.25) is 0 Å². The zero-order valence-electron chi connectivity index (χ0n) is 9.74. The lowest BCUT2D eigenvalue weighted by Crippen LogP contribution is -2.27. The van der Waals surface area contributed by atoms with Gasteiger partial charge in [0.05, 0.1) is 6.61 Å². The van der Waals surface area contributed by atoms with Gasteiger partial charge in [0, 0.05) is 18.0 Å². The van der Waals surface area contributed by atoms with Gasteiger partial charge >= 0.3 is 0 Å². The van der Waals surface area contributed by atoms with Crippen molar-refractivity contribution in [3.63, 3.8) is 0 Å². The normalized spacial score (nSPS) is 17.5. The average molecular weight is 224 g/mol. The molecule has 0 radical (unpaired) electrons. The highest BCUT2D eigenvalue weighted by Gasteiger charge is 2.43. The minimum Gasteiger partial charge on any atom is -0.477 e. The summed E-state index contributed by atoms with van der Waals surface area (Å²) in [4.78, 5) is 5.84. The molecule has 1 aromatic heterocycles. The quantitative estimate of drug-likeness (QED) is 0.715. The maximum Gasteiger partial charge on any atom is 0.216 e. The van der Waals surface area contributed by atoms with Crippen LogP contribution in [0.4, 0.5) is 4.39 Å². The summed E-state index contributed by atoms with van der Waals surface area (Å²) in [6.45, 7) is 1.64. The monoisotopic (exact) mass is 224 g/mol. The van der Waals surface area contributed by atoms with Crippen molar-refractivity contribution in [3.8, 4) is 5.88 Å². The minimum atomic E-state index is -0.491. The summed E-state index contributed by atoms with van der Waals surface area (Å²) in [5, 5.41) is 0. The third-order valence-electron chi connectivity index (χ3n) is 2.82. The van der Waals surface area contributed by atoms with E-state index in [2.05, 4.69) is 24.0 Å². The minimum absolute atomic E-state index is 0.261. The van der Waals surface area contributed by atoms with Crippen molar-refractivity contribution in [1.82, 2.24) is 9.88 Å². The van der Waals surface area contributed by atoms with E-state index in [9.17, 15) is 4.39 Å². The van der Waals surface area contributed by atoms with Crippen molar-refractivity contribution < 1.29 is 9.13 Å². The molecule has 0 saturated heterocycles. The van der Waals surface area contributed by atoms with Crippen molar-refractivity contribution in [3.05, 3.63) is 24.1 Å². The van der Waals surface area contributed by atoms with E-state index in [-0.39, 0.29) is 5.41 Å². The molecular weight excluding hydrogens is 207 g/mol. The molecule has 0 unspecified atom stereocenters. The van der Waals surface area contributed by atoms with Crippen LogP contribution in [0.1, 0.15) is 12.8 Å². The highest BCUT2D eigenvalue weighted by Crippen LogP contribution is 2.46. The predicted octanol–water partition coefficient (Wildman–Crippen LogP) is 1.94. The van der Waals surface area contributed by atoms with E-state index < -0.39 is 5.95 Å². The van der Waals surface area contributed by atoms with Crippen LogP contribution in [0.3, 0.4) is 0 Å². The smallest absolute Gasteiger partial charge is 0.216 e. The van der Waals surface area contributed by atoms with Crippen LogP contribution in [-0.4, -0.2) is 37.1 Å². The molecule has 0 bridgehead atoms. The van der Waals surface area contributed by atoms with E-state index in [0.29, 0.717) is 12.5 Å². The van der Waals surface area contributed by atoms with E-state index in [1.807, 2.05) is 0 Å². The molecule has 0 amide bonds. The summed E-state index contributed by atoms with van der Waals surface area (Å²) in [5.74, 6) is -0.111. The Kier molecular flexibility index (Phi) is 3.10. The molecule has 1 aromatic rings. The maximum atomic E-state index is 12.8. The molecule has 3 nitrogen and oxygen atoms in total. The van der Waals surface area contributed by atoms with Crippen LogP contribution in [-0.2, 0) is 0 Å². The third kappa shape index (κ3) is 2.92. The number of pyridine rings is 1. The highest BCUT2D eigenvalue weighted by molar-refractivity contribution is 5.11. The van der Waals surface area contributed by atoms with Crippen LogP contribution in [0.15, 0.2) is 18.2 Å². The van der Waals surface area contributed by atoms with Crippen LogP contribution in [0.25, 0.3) is 0 Å². The molecule has 1 saturated carbocycles. The molecule has 1 fully saturated rings. The number of rotatable bonds is 5. The summed E-state index contributed by atoms with van der Waals surface area (Å²) in [7, 11) is 4.11. The number of halogens is 1. The largest absolute Gasteiger partial charge is 0.477 e. The van der Waals surface area contributed by atoms with Crippen molar-refractivity contribution >= 4 is 0 Å². The molecule has 1 aliphatic rings. The van der Waals surface area contributed by atoms with Crippen LogP contribution in [0.5, 0.6) is 5.88 Å². The second-order valence-corrected chi connectivity index (χ2v) is 4.83. The predicted molar refractivity (Wildman–Crippen MR) is 59.9 cm³/mol. The first kappa shape index (κ1) is 11.3. The average Bonchev–Trinajstić information content (AvgIpc) is 2.95. The van der Waals surface area contributed by atoms with Gasteiger partial charge in [-0.15, -0.1) is 0 Å². The molecule has 0 atom stereocenters. The zero-order valence-corrected chi connectivity index (χ0v) is 9.74. The van der Waals surface area contributed by atoms with Gasteiger partial charge in [0.15, 0.2) is 0 Å². The summed E-state index contributed by atoms with van der Waals surface area (Å²) in [6, 6.07) is 4.62. The first-order valence-electron chi connectivity index (χ1n) is 5.50. The Morgan fingerprint density at radius 2 is 2.19 bits per heavy atom. The van der Waals surface area contributed by atoms with Crippen LogP contribution in [0, 0.1) is 11.4 Å². The Hall–Kier alpha value is -1.16. The van der Waals surface area contributed by atoms with Crippen LogP contribution >= 0.6 is 0 Å². The van der Waals surface area contributed by atoms with E-state index >= 15 is 0 Å². The lowest BCUT2D eigenvalue weighted by molar-refractivity contribution is 0.187. The molecule has 88 valence electrons. The van der Waals surface area contributed by atoms with Gasteiger partial charge in [0.2, 0.25) is 11.8 Å². The standard InChI is InChI=1S/C12H17FN2O/c1-15(2)8-12(6-7-12)9-16-11-5-3-4-10(13)14-11/h3-5H,6-9H2,1-2H3.